The van der Waals surface area contributed by atoms with Crippen molar-refractivity contribution in [2.45, 2.75) is 25.7 Å². The molecular formula is C23H23F3N6O3. The smallest absolute Gasteiger partial charge is 0.354 e. The molecule has 2 aromatic rings. The molecule has 184 valence electrons. The van der Waals surface area contributed by atoms with Gasteiger partial charge in [0.15, 0.2) is 0 Å². The molecule has 0 bridgehead atoms. The second-order valence-corrected chi connectivity index (χ2v) is 8.75. The van der Waals surface area contributed by atoms with E-state index in [0.29, 0.717) is 44.1 Å². The molecule has 3 aliphatic heterocycles. The van der Waals surface area contributed by atoms with Crippen molar-refractivity contribution in [3.05, 3.63) is 58.8 Å². The van der Waals surface area contributed by atoms with Crippen LogP contribution < -0.4 is 10.2 Å². The highest BCUT2D eigenvalue weighted by atomic mass is 19.4. The van der Waals surface area contributed by atoms with Gasteiger partial charge in [0.25, 0.3) is 5.91 Å². The number of hydrazine groups is 1. The average molecular weight is 488 g/mol. The third-order valence-electron chi connectivity index (χ3n) is 6.46. The zero-order valence-electron chi connectivity index (χ0n) is 18.7. The number of hydrogen-bond acceptors (Lipinski definition) is 6. The van der Waals surface area contributed by atoms with Gasteiger partial charge in [-0.25, -0.2) is 19.8 Å². The van der Waals surface area contributed by atoms with E-state index in [9.17, 15) is 27.6 Å². The van der Waals surface area contributed by atoms with E-state index in [0.717, 1.165) is 23.4 Å². The van der Waals surface area contributed by atoms with Gasteiger partial charge in [0, 0.05) is 50.9 Å². The molecule has 2 saturated heterocycles. The Labute approximate surface area is 199 Å². The normalized spacial score (nSPS) is 19.3. The van der Waals surface area contributed by atoms with Crippen LogP contribution in [-0.2, 0) is 24.1 Å². The minimum absolute atomic E-state index is 0.144. The predicted octanol–water partition coefficient (Wildman–Crippen LogP) is 2.24. The summed E-state index contributed by atoms with van der Waals surface area (Å²) in [6, 6.07) is 7.48. The molecule has 0 radical (unpaired) electrons. The molecule has 0 aliphatic carbocycles. The van der Waals surface area contributed by atoms with Crippen molar-refractivity contribution in [2.24, 2.45) is 0 Å². The fraction of sp³-hybridized carbons (Fsp3) is 0.391. The molecular weight excluding hydrogens is 465 g/mol. The summed E-state index contributed by atoms with van der Waals surface area (Å²) in [4.78, 5) is 44.5. The highest BCUT2D eigenvalue weighted by Gasteiger charge is 2.37. The Bertz CT molecular complexity index is 1160. The summed E-state index contributed by atoms with van der Waals surface area (Å²) in [6.45, 7) is 3.79. The first-order valence-electron chi connectivity index (χ1n) is 11.2. The van der Waals surface area contributed by atoms with E-state index in [1.165, 1.54) is 16.1 Å². The number of fused-ring (bicyclic) bond motifs is 1. The van der Waals surface area contributed by atoms with Gasteiger partial charge < -0.3 is 4.90 Å². The molecule has 35 heavy (non-hydrogen) atoms. The Morgan fingerprint density at radius 2 is 1.71 bits per heavy atom. The van der Waals surface area contributed by atoms with Crippen molar-refractivity contribution in [2.75, 3.05) is 37.6 Å². The number of amides is 4. The lowest BCUT2D eigenvalue weighted by molar-refractivity contribution is -0.137. The van der Waals surface area contributed by atoms with E-state index in [1.807, 2.05) is 17.0 Å². The summed E-state index contributed by atoms with van der Waals surface area (Å²) in [5, 5.41) is 4.88. The van der Waals surface area contributed by atoms with Crippen molar-refractivity contribution in [3.63, 3.8) is 0 Å². The van der Waals surface area contributed by atoms with Crippen molar-refractivity contribution in [1.29, 1.82) is 0 Å². The molecule has 4 heterocycles. The maximum atomic E-state index is 12.8. The number of pyridine rings is 1. The summed E-state index contributed by atoms with van der Waals surface area (Å²) in [6.07, 6.45) is -3.39. The lowest BCUT2D eigenvalue weighted by atomic mass is 10.1. The number of anilines is 1. The topological polar surface area (TPSA) is 89.1 Å². The minimum atomic E-state index is -4.40. The Kier molecular flexibility index (Phi) is 5.83. The quantitative estimate of drug-likeness (QED) is 0.710. The lowest BCUT2D eigenvalue weighted by Crippen LogP contribution is -2.56. The van der Waals surface area contributed by atoms with Crippen LogP contribution in [0.25, 0.3) is 0 Å². The number of nitrogens with zero attached hydrogens (tertiary/aromatic N) is 5. The Balaban J connectivity index is 1.18. The van der Waals surface area contributed by atoms with E-state index in [1.54, 1.807) is 6.07 Å². The highest BCUT2D eigenvalue weighted by molar-refractivity contribution is 6.01. The van der Waals surface area contributed by atoms with Gasteiger partial charge in [-0.1, -0.05) is 12.1 Å². The number of nitrogens with one attached hydrogen (secondary N) is 1. The van der Waals surface area contributed by atoms with Crippen LogP contribution >= 0.6 is 0 Å². The van der Waals surface area contributed by atoms with E-state index in [-0.39, 0.29) is 31.3 Å². The maximum absolute atomic E-state index is 12.8. The van der Waals surface area contributed by atoms with Gasteiger partial charge in [-0.2, -0.15) is 13.2 Å². The fourth-order valence-corrected chi connectivity index (χ4v) is 4.57. The Morgan fingerprint density at radius 1 is 0.943 bits per heavy atom. The number of imide groups is 1. The first-order chi connectivity index (χ1) is 16.7. The molecule has 0 spiro atoms. The summed E-state index contributed by atoms with van der Waals surface area (Å²) in [5.41, 5.74) is 1.63. The van der Waals surface area contributed by atoms with Crippen LogP contribution in [0, 0.1) is 0 Å². The molecule has 1 aromatic carbocycles. The van der Waals surface area contributed by atoms with E-state index in [2.05, 4.69) is 15.2 Å². The molecule has 0 saturated carbocycles. The number of carbonyl (C=O) groups excluding carboxylic acids is 3. The van der Waals surface area contributed by atoms with Gasteiger partial charge in [-0.15, -0.1) is 0 Å². The highest BCUT2D eigenvalue weighted by Crippen LogP contribution is 2.30. The third kappa shape index (κ3) is 4.65. The molecule has 0 unspecified atom stereocenters. The Hall–Kier alpha value is -3.67. The zero-order valence-corrected chi connectivity index (χ0v) is 18.7. The number of aromatic nitrogens is 1. The van der Waals surface area contributed by atoms with E-state index >= 15 is 0 Å². The van der Waals surface area contributed by atoms with Crippen LogP contribution in [0.3, 0.4) is 0 Å². The monoisotopic (exact) mass is 488 g/mol. The van der Waals surface area contributed by atoms with Gasteiger partial charge in [-0.3, -0.25) is 19.8 Å². The lowest BCUT2D eigenvalue weighted by Gasteiger charge is -2.35. The van der Waals surface area contributed by atoms with E-state index in [4.69, 9.17) is 0 Å². The third-order valence-corrected chi connectivity index (χ3v) is 6.46. The first-order valence-corrected chi connectivity index (χ1v) is 11.2. The van der Waals surface area contributed by atoms with Gasteiger partial charge >= 0.3 is 12.2 Å². The van der Waals surface area contributed by atoms with Crippen LogP contribution in [0.1, 0.15) is 33.5 Å². The largest absolute Gasteiger partial charge is 0.417 e. The maximum Gasteiger partial charge on any atom is 0.417 e. The number of piperazine rings is 1. The predicted molar refractivity (Wildman–Crippen MR) is 118 cm³/mol. The molecule has 9 nitrogen and oxygen atoms in total. The molecule has 1 N–H and O–H groups in total. The van der Waals surface area contributed by atoms with Gasteiger partial charge in [0.05, 0.1) is 18.7 Å². The van der Waals surface area contributed by atoms with E-state index < -0.39 is 17.8 Å². The number of carbonyl (C=O) groups is 3. The number of benzene rings is 1. The molecule has 3 aliphatic rings. The second kappa shape index (κ2) is 8.84. The van der Waals surface area contributed by atoms with Crippen LogP contribution in [-0.4, -0.2) is 70.5 Å². The zero-order chi connectivity index (χ0) is 24.7. The summed E-state index contributed by atoms with van der Waals surface area (Å²) in [5.74, 6) is -0.0992. The molecule has 5 rings (SSSR count). The number of urea groups is 1. The fourth-order valence-electron chi connectivity index (χ4n) is 4.57. The summed E-state index contributed by atoms with van der Waals surface area (Å²) < 4.78 is 38.3. The molecule has 12 heteroatoms. The van der Waals surface area contributed by atoms with Crippen molar-refractivity contribution in [1.82, 2.24) is 25.2 Å². The van der Waals surface area contributed by atoms with Gasteiger partial charge in [0.2, 0.25) is 5.91 Å². The standard InChI is InChI=1S/C23H23F3N6O3/c24-23(25,26)17-2-4-19(27-12-17)30-9-7-29(8-10-30)13-15-1-3-18-16(11-15)14-32(21(18)34)31-6-5-20(33)28-22(31)35/h1-4,11-12H,5-10,13-14H2,(H,28,33,35). The molecule has 1 aromatic heterocycles. The van der Waals surface area contributed by atoms with Crippen molar-refractivity contribution < 1.29 is 27.6 Å². The van der Waals surface area contributed by atoms with Gasteiger partial charge in [0.1, 0.15) is 5.82 Å². The van der Waals surface area contributed by atoms with Crippen molar-refractivity contribution >= 4 is 23.7 Å². The first kappa shape index (κ1) is 23.1. The number of rotatable bonds is 4. The van der Waals surface area contributed by atoms with Crippen LogP contribution in [0.4, 0.5) is 23.8 Å². The van der Waals surface area contributed by atoms with Crippen LogP contribution in [0.5, 0.6) is 0 Å². The van der Waals surface area contributed by atoms with Crippen molar-refractivity contribution in [3.8, 4) is 0 Å². The second-order valence-electron chi connectivity index (χ2n) is 8.75. The molecule has 4 amide bonds. The molecule has 0 atom stereocenters. The van der Waals surface area contributed by atoms with Crippen LogP contribution in [0.2, 0.25) is 0 Å². The van der Waals surface area contributed by atoms with Gasteiger partial charge in [-0.05, 0) is 29.3 Å². The number of alkyl halides is 3. The van der Waals surface area contributed by atoms with Crippen LogP contribution in [0.15, 0.2) is 36.5 Å². The number of halogens is 3. The Morgan fingerprint density at radius 3 is 2.37 bits per heavy atom. The minimum Gasteiger partial charge on any atom is -0.354 e. The summed E-state index contributed by atoms with van der Waals surface area (Å²) in [7, 11) is 0. The molecule has 2 fully saturated rings. The number of hydrogen-bond donors (Lipinski definition) is 1. The SMILES string of the molecule is O=C1CCN(N2Cc3cc(CN4CCN(c5ccc(C(F)(F)F)cn5)CC4)ccc3C2=O)C(=O)N1. The average Bonchev–Trinajstić information content (AvgIpc) is 3.14. The summed E-state index contributed by atoms with van der Waals surface area (Å²) >= 11 is 0.